The third kappa shape index (κ3) is 6.80. The van der Waals surface area contributed by atoms with E-state index >= 15 is 0 Å². The maximum atomic E-state index is 12.8. The van der Waals surface area contributed by atoms with E-state index in [9.17, 15) is 4.79 Å². The molecule has 150 valence electrons. The largest absolute Gasteiger partial charge is 0.278 e. The lowest BCUT2D eigenvalue weighted by atomic mass is 9.99. The van der Waals surface area contributed by atoms with Crippen molar-refractivity contribution in [2.75, 3.05) is 0 Å². The standard InChI is InChI=1S/C24H28N4O/c25-28(24(29)11-8-20-4-2-1-3-5-20)23(9-6-21-12-16-26-17-13-21)10-7-22-14-18-27-19-15-22/h1-5,12-19,23H,6-11,25H2. The van der Waals surface area contributed by atoms with Crippen molar-refractivity contribution in [1.82, 2.24) is 15.0 Å². The number of benzene rings is 1. The summed E-state index contributed by atoms with van der Waals surface area (Å²) in [4.78, 5) is 20.9. The number of carbonyl (C=O) groups excluding carboxylic acids is 1. The maximum Gasteiger partial charge on any atom is 0.237 e. The fourth-order valence-electron chi connectivity index (χ4n) is 3.42. The Kier molecular flexibility index (Phi) is 7.90. The van der Waals surface area contributed by atoms with E-state index in [1.54, 1.807) is 24.8 Å². The van der Waals surface area contributed by atoms with Gasteiger partial charge in [-0.05, 0) is 73.1 Å². The van der Waals surface area contributed by atoms with Gasteiger partial charge in [0, 0.05) is 37.3 Å². The molecule has 1 aromatic carbocycles. The van der Waals surface area contributed by atoms with Crippen LogP contribution in [0.1, 0.15) is 36.0 Å². The molecule has 0 aliphatic rings. The molecule has 29 heavy (non-hydrogen) atoms. The molecular weight excluding hydrogens is 360 g/mol. The number of amides is 1. The fourth-order valence-corrected chi connectivity index (χ4v) is 3.42. The highest BCUT2D eigenvalue weighted by Crippen LogP contribution is 2.15. The first-order valence-corrected chi connectivity index (χ1v) is 10.1. The van der Waals surface area contributed by atoms with Crippen LogP contribution in [0.2, 0.25) is 0 Å². The average Bonchev–Trinajstić information content (AvgIpc) is 2.79. The van der Waals surface area contributed by atoms with Gasteiger partial charge in [0.15, 0.2) is 0 Å². The first-order chi connectivity index (χ1) is 14.2. The van der Waals surface area contributed by atoms with E-state index in [4.69, 9.17) is 5.84 Å². The van der Waals surface area contributed by atoms with Gasteiger partial charge >= 0.3 is 0 Å². The smallest absolute Gasteiger partial charge is 0.237 e. The molecular formula is C24H28N4O. The van der Waals surface area contributed by atoms with Gasteiger partial charge in [0.2, 0.25) is 5.91 Å². The molecule has 0 radical (unpaired) electrons. The minimum Gasteiger partial charge on any atom is -0.278 e. The molecule has 0 aliphatic carbocycles. The second-order valence-electron chi connectivity index (χ2n) is 7.23. The van der Waals surface area contributed by atoms with Crippen LogP contribution in [0.4, 0.5) is 0 Å². The van der Waals surface area contributed by atoms with Gasteiger partial charge in [-0.1, -0.05) is 30.3 Å². The molecule has 0 bridgehead atoms. The Labute approximate surface area is 172 Å². The minimum absolute atomic E-state index is 0.0108. The number of nitrogens with zero attached hydrogens (tertiary/aromatic N) is 3. The van der Waals surface area contributed by atoms with Gasteiger partial charge in [0.1, 0.15) is 0 Å². The number of hydrogen-bond acceptors (Lipinski definition) is 4. The molecule has 0 saturated heterocycles. The van der Waals surface area contributed by atoms with Gasteiger partial charge in [-0.25, -0.2) is 5.84 Å². The molecule has 0 spiro atoms. The van der Waals surface area contributed by atoms with Gasteiger partial charge in [-0.15, -0.1) is 0 Å². The van der Waals surface area contributed by atoms with Gasteiger partial charge in [0.05, 0.1) is 0 Å². The van der Waals surface area contributed by atoms with Crippen LogP contribution in [0.3, 0.4) is 0 Å². The van der Waals surface area contributed by atoms with E-state index in [1.807, 2.05) is 54.6 Å². The third-order valence-corrected chi connectivity index (χ3v) is 5.18. The molecule has 0 unspecified atom stereocenters. The number of nitrogens with two attached hydrogens (primary N) is 1. The van der Waals surface area contributed by atoms with Crippen LogP contribution in [-0.2, 0) is 24.1 Å². The lowest BCUT2D eigenvalue weighted by molar-refractivity contribution is -0.134. The predicted molar refractivity (Wildman–Crippen MR) is 115 cm³/mol. The van der Waals surface area contributed by atoms with Gasteiger partial charge in [-0.2, -0.15) is 0 Å². The summed E-state index contributed by atoms with van der Waals surface area (Å²) in [5.74, 6) is 6.30. The number of rotatable bonds is 10. The summed E-state index contributed by atoms with van der Waals surface area (Å²) in [5, 5.41) is 1.46. The van der Waals surface area contributed by atoms with Crippen molar-refractivity contribution in [2.45, 2.75) is 44.6 Å². The molecule has 3 aromatic rings. The highest BCUT2D eigenvalue weighted by molar-refractivity contribution is 5.76. The molecule has 0 atom stereocenters. The minimum atomic E-state index is -0.0143. The van der Waals surface area contributed by atoms with E-state index in [2.05, 4.69) is 9.97 Å². The molecule has 2 N–H and O–H groups in total. The second kappa shape index (κ2) is 11.1. The first-order valence-electron chi connectivity index (χ1n) is 10.1. The SMILES string of the molecule is NN(C(=O)CCc1ccccc1)C(CCc1ccncc1)CCc1ccncc1. The van der Waals surface area contributed by atoms with Crippen LogP contribution >= 0.6 is 0 Å². The summed E-state index contributed by atoms with van der Waals surface area (Å²) in [7, 11) is 0. The van der Waals surface area contributed by atoms with Crippen LogP contribution in [0, 0.1) is 0 Å². The molecule has 0 saturated carbocycles. The van der Waals surface area contributed by atoms with Crippen molar-refractivity contribution < 1.29 is 4.79 Å². The summed E-state index contributed by atoms with van der Waals surface area (Å²) in [6, 6.07) is 18.1. The quantitative estimate of drug-likeness (QED) is 0.326. The number of hydrogen-bond donors (Lipinski definition) is 1. The fraction of sp³-hybridized carbons (Fsp3) is 0.292. The van der Waals surface area contributed by atoms with Crippen LogP contribution in [0.15, 0.2) is 79.4 Å². The van der Waals surface area contributed by atoms with Crippen molar-refractivity contribution in [1.29, 1.82) is 0 Å². The Hall–Kier alpha value is -3.05. The van der Waals surface area contributed by atoms with E-state index in [0.29, 0.717) is 12.8 Å². The number of carbonyl (C=O) groups is 1. The van der Waals surface area contributed by atoms with Gasteiger partial charge in [-0.3, -0.25) is 19.8 Å². The van der Waals surface area contributed by atoms with Gasteiger partial charge in [0.25, 0.3) is 0 Å². The topological polar surface area (TPSA) is 72.1 Å². The predicted octanol–water partition coefficient (Wildman–Crippen LogP) is 3.75. The zero-order valence-electron chi connectivity index (χ0n) is 16.7. The van der Waals surface area contributed by atoms with Crippen molar-refractivity contribution in [3.8, 4) is 0 Å². The Bertz CT molecular complexity index is 812. The van der Waals surface area contributed by atoms with Crippen LogP contribution < -0.4 is 5.84 Å². The summed E-state index contributed by atoms with van der Waals surface area (Å²) in [6.45, 7) is 0. The molecule has 0 aliphatic heterocycles. The van der Waals surface area contributed by atoms with E-state index in [1.165, 1.54) is 16.1 Å². The van der Waals surface area contributed by atoms with Crippen molar-refractivity contribution in [3.05, 3.63) is 96.1 Å². The molecule has 3 rings (SSSR count). The highest BCUT2D eigenvalue weighted by atomic mass is 16.2. The second-order valence-corrected chi connectivity index (χ2v) is 7.23. The summed E-state index contributed by atoms with van der Waals surface area (Å²) in [6.07, 6.45) is 11.7. The van der Waals surface area contributed by atoms with Crippen molar-refractivity contribution in [2.24, 2.45) is 5.84 Å². The Morgan fingerprint density at radius 2 is 1.24 bits per heavy atom. The van der Waals surface area contributed by atoms with Crippen molar-refractivity contribution >= 4 is 5.91 Å². The lowest BCUT2D eigenvalue weighted by Crippen LogP contribution is -2.46. The lowest BCUT2D eigenvalue weighted by Gasteiger charge is -2.28. The van der Waals surface area contributed by atoms with E-state index in [0.717, 1.165) is 31.2 Å². The zero-order chi connectivity index (χ0) is 20.3. The Morgan fingerprint density at radius 1 is 0.759 bits per heavy atom. The average molecular weight is 389 g/mol. The number of aromatic nitrogens is 2. The maximum absolute atomic E-state index is 12.8. The molecule has 5 nitrogen and oxygen atoms in total. The summed E-state index contributed by atoms with van der Waals surface area (Å²) in [5.41, 5.74) is 3.57. The number of aryl methyl sites for hydroxylation is 3. The third-order valence-electron chi connectivity index (χ3n) is 5.18. The van der Waals surface area contributed by atoms with Crippen LogP contribution in [-0.4, -0.2) is 26.9 Å². The molecule has 1 amide bonds. The number of pyridine rings is 2. The van der Waals surface area contributed by atoms with E-state index < -0.39 is 0 Å². The Morgan fingerprint density at radius 3 is 1.76 bits per heavy atom. The zero-order valence-corrected chi connectivity index (χ0v) is 16.7. The normalized spacial score (nSPS) is 10.8. The van der Waals surface area contributed by atoms with Gasteiger partial charge < -0.3 is 0 Å². The summed E-state index contributed by atoms with van der Waals surface area (Å²) >= 11 is 0. The number of hydrazine groups is 1. The van der Waals surface area contributed by atoms with Crippen molar-refractivity contribution in [3.63, 3.8) is 0 Å². The molecule has 2 heterocycles. The molecule has 0 fully saturated rings. The van der Waals surface area contributed by atoms with Crippen LogP contribution in [0.5, 0.6) is 0 Å². The van der Waals surface area contributed by atoms with Crippen LogP contribution in [0.25, 0.3) is 0 Å². The molecule has 2 aromatic heterocycles. The highest BCUT2D eigenvalue weighted by Gasteiger charge is 2.20. The summed E-state index contributed by atoms with van der Waals surface area (Å²) < 4.78 is 0. The Balaban J connectivity index is 1.60. The first kappa shape index (κ1) is 20.7. The molecule has 5 heteroatoms. The van der Waals surface area contributed by atoms with E-state index in [-0.39, 0.29) is 11.9 Å². The monoisotopic (exact) mass is 388 g/mol.